The zero-order chi connectivity index (χ0) is 6.62. The van der Waals surface area contributed by atoms with Gasteiger partial charge in [0.2, 0.25) is 0 Å². The summed E-state index contributed by atoms with van der Waals surface area (Å²) in [7, 11) is -0.225. The average molecular weight is 134 g/mol. The van der Waals surface area contributed by atoms with E-state index in [1.54, 1.807) is 0 Å². The van der Waals surface area contributed by atoms with Crippen molar-refractivity contribution in [1.29, 1.82) is 0 Å². The van der Waals surface area contributed by atoms with Crippen molar-refractivity contribution in [3.8, 4) is 0 Å². The van der Waals surface area contributed by atoms with Gasteiger partial charge in [-0.2, -0.15) is 0 Å². The molecule has 0 aromatic heterocycles. The van der Waals surface area contributed by atoms with Crippen LogP contribution < -0.4 is 0 Å². The van der Waals surface area contributed by atoms with Gasteiger partial charge in [-0.3, -0.25) is 4.52 Å². The van der Waals surface area contributed by atoms with Crippen LogP contribution in [0.15, 0.2) is 0 Å². The molecule has 0 aliphatic carbocycles. The highest BCUT2D eigenvalue weighted by atomic mass is 31.1. The van der Waals surface area contributed by atoms with E-state index in [2.05, 4.69) is 0 Å². The smallest absolute Gasteiger partial charge is 0.288 e. The van der Waals surface area contributed by atoms with Gasteiger partial charge in [-0.15, -0.1) is 0 Å². The highest BCUT2D eigenvalue weighted by molar-refractivity contribution is 7.17. The molecule has 0 rings (SSSR count). The molecule has 8 heavy (non-hydrogen) atoms. The summed E-state index contributed by atoms with van der Waals surface area (Å²) in [5, 5.41) is 0. The quantitative estimate of drug-likeness (QED) is 0.554. The second kappa shape index (κ2) is 3.16. The van der Waals surface area contributed by atoms with E-state index in [9.17, 15) is 4.57 Å². The van der Waals surface area contributed by atoms with Crippen LogP contribution in [0, 0.1) is 0 Å². The van der Waals surface area contributed by atoms with Gasteiger partial charge in [-0.25, -0.2) is 4.57 Å². The molecule has 3 heteroatoms. The Labute approximate surface area is 51.5 Å². The summed E-state index contributed by atoms with van der Waals surface area (Å²) in [6.07, 6.45) is 0.877. The summed E-state index contributed by atoms with van der Waals surface area (Å²) in [6, 6.07) is 0. The minimum atomic E-state index is -0.233. The Bertz CT molecular complexity index is 80.5. The molecular formula is C5H11O2P. The Hall–Kier alpha value is 0.0600. The van der Waals surface area contributed by atoms with Crippen molar-refractivity contribution in [2.45, 2.75) is 32.8 Å². The lowest BCUT2D eigenvalue weighted by atomic mass is 10.1. The third-order valence-corrected chi connectivity index (χ3v) is 1.70. The van der Waals surface area contributed by atoms with E-state index in [1.807, 2.05) is 20.8 Å². The van der Waals surface area contributed by atoms with Gasteiger partial charge in [-0.1, -0.05) is 6.92 Å². The van der Waals surface area contributed by atoms with Crippen molar-refractivity contribution in [1.82, 2.24) is 0 Å². The van der Waals surface area contributed by atoms with E-state index in [0.29, 0.717) is 0 Å². The third-order valence-electron chi connectivity index (χ3n) is 1.14. The minimum Gasteiger partial charge on any atom is -0.288 e. The standard InChI is InChI=1S/C5H11O2P/c1-4-5(2,3)7-8-6/h4H2,1-3H3. The van der Waals surface area contributed by atoms with E-state index >= 15 is 0 Å². The fourth-order valence-corrected chi connectivity index (χ4v) is 0.496. The van der Waals surface area contributed by atoms with Crippen molar-refractivity contribution in [2.24, 2.45) is 0 Å². The van der Waals surface area contributed by atoms with Crippen LogP contribution in [0.5, 0.6) is 0 Å². The van der Waals surface area contributed by atoms with Crippen molar-refractivity contribution >= 4 is 8.69 Å². The summed E-state index contributed by atoms with van der Waals surface area (Å²) >= 11 is 0. The first-order valence-electron chi connectivity index (χ1n) is 2.63. The maximum absolute atomic E-state index is 9.85. The van der Waals surface area contributed by atoms with Crippen LogP contribution in [-0.4, -0.2) is 5.60 Å². The largest absolute Gasteiger partial charge is 0.327 e. The minimum absolute atomic E-state index is 0.225. The third kappa shape index (κ3) is 3.11. The van der Waals surface area contributed by atoms with Crippen molar-refractivity contribution < 1.29 is 9.09 Å². The molecule has 0 atom stereocenters. The second-order valence-corrected chi connectivity index (χ2v) is 2.61. The van der Waals surface area contributed by atoms with Gasteiger partial charge in [0.15, 0.2) is 0 Å². The van der Waals surface area contributed by atoms with Crippen molar-refractivity contribution in [3.63, 3.8) is 0 Å². The topological polar surface area (TPSA) is 26.3 Å². The van der Waals surface area contributed by atoms with Crippen LogP contribution in [0.25, 0.3) is 0 Å². The molecule has 2 nitrogen and oxygen atoms in total. The molecule has 0 saturated carbocycles. The molecule has 0 amide bonds. The van der Waals surface area contributed by atoms with E-state index in [-0.39, 0.29) is 14.3 Å². The molecule has 0 aromatic rings. The van der Waals surface area contributed by atoms with Crippen LogP contribution in [-0.2, 0) is 9.09 Å². The van der Waals surface area contributed by atoms with Gasteiger partial charge >= 0.3 is 8.69 Å². The summed E-state index contributed by atoms with van der Waals surface area (Å²) < 4.78 is 14.6. The molecule has 0 bridgehead atoms. The molecule has 0 aliphatic heterocycles. The molecule has 0 N–H and O–H groups in total. The van der Waals surface area contributed by atoms with E-state index in [4.69, 9.17) is 4.52 Å². The van der Waals surface area contributed by atoms with Crippen LogP contribution in [0.3, 0.4) is 0 Å². The zero-order valence-corrected chi connectivity index (χ0v) is 6.37. The lowest BCUT2D eigenvalue weighted by Gasteiger charge is -2.16. The fourth-order valence-electron chi connectivity index (χ4n) is 0.165. The van der Waals surface area contributed by atoms with Crippen molar-refractivity contribution in [3.05, 3.63) is 0 Å². The predicted octanol–water partition coefficient (Wildman–Crippen LogP) is 2.40. The van der Waals surface area contributed by atoms with Gasteiger partial charge < -0.3 is 0 Å². The lowest BCUT2D eigenvalue weighted by Crippen LogP contribution is -2.17. The first kappa shape index (κ1) is 8.06. The molecule has 0 saturated heterocycles. The van der Waals surface area contributed by atoms with Crippen LogP contribution in [0.4, 0.5) is 0 Å². The monoisotopic (exact) mass is 134 g/mol. The first-order valence-corrected chi connectivity index (χ1v) is 3.36. The molecule has 0 unspecified atom stereocenters. The number of hydrogen-bond acceptors (Lipinski definition) is 2. The molecule has 0 radical (unpaired) electrons. The maximum atomic E-state index is 9.85. The predicted molar refractivity (Wildman–Crippen MR) is 33.1 cm³/mol. The molecule has 0 spiro atoms. The molecule has 0 fully saturated rings. The molecular weight excluding hydrogens is 123 g/mol. The Morgan fingerprint density at radius 1 is 1.62 bits per heavy atom. The SMILES string of the molecule is CCC(C)(C)OP=O. The highest BCUT2D eigenvalue weighted by Gasteiger charge is 2.14. The molecule has 48 valence electrons. The molecule has 0 heterocycles. The summed E-state index contributed by atoms with van der Waals surface area (Å²) in [5.41, 5.74) is -0.233. The van der Waals surface area contributed by atoms with Crippen LogP contribution in [0.2, 0.25) is 0 Å². The van der Waals surface area contributed by atoms with Crippen molar-refractivity contribution in [2.75, 3.05) is 0 Å². The summed E-state index contributed by atoms with van der Waals surface area (Å²) in [4.78, 5) is 0. The van der Waals surface area contributed by atoms with Gasteiger partial charge in [-0.05, 0) is 20.3 Å². The first-order chi connectivity index (χ1) is 3.62. The Morgan fingerprint density at radius 2 is 2.12 bits per heavy atom. The Kier molecular flexibility index (Phi) is 3.18. The summed E-state index contributed by atoms with van der Waals surface area (Å²) in [6.45, 7) is 5.79. The number of hydrogen-bond donors (Lipinski definition) is 0. The van der Waals surface area contributed by atoms with Crippen LogP contribution in [0.1, 0.15) is 27.2 Å². The maximum Gasteiger partial charge on any atom is 0.327 e. The zero-order valence-electron chi connectivity index (χ0n) is 5.47. The Morgan fingerprint density at radius 3 is 2.25 bits per heavy atom. The summed E-state index contributed by atoms with van der Waals surface area (Å²) in [5.74, 6) is 0. The highest BCUT2D eigenvalue weighted by Crippen LogP contribution is 2.18. The van der Waals surface area contributed by atoms with Gasteiger partial charge in [0.1, 0.15) is 0 Å². The van der Waals surface area contributed by atoms with Gasteiger partial charge in [0.05, 0.1) is 5.60 Å². The molecule has 0 aliphatic rings. The fraction of sp³-hybridized carbons (Fsp3) is 1.00. The van der Waals surface area contributed by atoms with E-state index in [1.165, 1.54) is 0 Å². The Balaban J connectivity index is 3.53. The van der Waals surface area contributed by atoms with Crippen LogP contribution >= 0.6 is 8.69 Å². The van der Waals surface area contributed by atoms with Gasteiger partial charge in [0, 0.05) is 0 Å². The lowest BCUT2D eigenvalue weighted by molar-refractivity contribution is 0.123. The van der Waals surface area contributed by atoms with Gasteiger partial charge in [0.25, 0.3) is 0 Å². The van der Waals surface area contributed by atoms with E-state index < -0.39 is 0 Å². The van der Waals surface area contributed by atoms with E-state index in [0.717, 1.165) is 6.42 Å². The average Bonchev–Trinajstić information content (AvgIpc) is 1.67. The normalized spacial score (nSPS) is 12.4. The second-order valence-electron chi connectivity index (χ2n) is 2.28. The number of rotatable bonds is 3. The molecule has 0 aromatic carbocycles.